The molecule has 4 aromatic rings. The minimum Gasteiger partial charge on any atom is -0.478 e. The van der Waals surface area contributed by atoms with Gasteiger partial charge in [0.05, 0.1) is 17.5 Å². The molecule has 1 N–H and O–H groups in total. The molecule has 0 aliphatic carbocycles. The molecule has 0 aliphatic heterocycles. The Kier molecular flexibility index (Phi) is 3.59. The number of carboxylic acid groups (broad SMARTS) is 1. The van der Waals surface area contributed by atoms with Gasteiger partial charge in [0.25, 0.3) is 0 Å². The zero-order valence-electron chi connectivity index (χ0n) is 12.9. The summed E-state index contributed by atoms with van der Waals surface area (Å²) in [5.41, 5.74) is 1.87. The lowest BCUT2D eigenvalue weighted by Gasteiger charge is -1.98. The fourth-order valence-corrected chi connectivity index (χ4v) is 2.46. The number of aromatic nitrogens is 2. The van der Waals surface area contributed by atoms with Crippen LogP contribution < -0.4 is 0 Å². The number of fused-ring (bicyclic) bond motifs is 1. The summed E-state index contributed by atoms with van der Waals surface area (Å²) in [5.74, 6) is 0.0753. The molecule has 3 heterocycles. The van der Waals surface area contributed by atoms with Crippen molar-refractivity contribution >= 4 is 23.1 Å². The van der Waals surface area contributed by atoms with E-state index >= 15 is 0 Å². The standard InChI is InChI=1S/C18H12N4O3/c23-18(24)12-5-3-6-13(11-12)20-21-17-16(14-7-4-10-25-14)19-15-8-1-2-9-22(15)17/h1-11H,(H,23,24). The number of aromatic carboxylic acids is 1. The number of hydrogen-bond donors (Lipinski definition) is 1. The number of furan rings is 1. The van der Waals surface area contributed by atoms with Gasteiger partial charge in [0.15, 0.2) is 17.3 Å². The molecule has 0 saturated carbocycles. The van der Waals surface area contributed by atoms with Crippen molar-refractivity contribution in [2.45, 2.75) is 0 Å². The number of azo groups is 1. The van der Waals surface area contributed by atoms with E-state index in [2.05, 4.69) is 15.2 Å². The Bertz CT molecular complexity index is 1080. The van der Waals surface area contributed by atoms with Crippen molar-refractivity contribution in [2.75, 3.05) is 0 Å². The van der Waals surface area contributed by atoms with Crippen LogP contribution in [0.25, 0.3) is 17.1 Å². The fraction of sp³-hybridized carbons (Fsp3) is 0. The first-order valence-corrected chi connectivity index (χ1v) is 7.48. The number of imidazole rings is 1. The second kappa shape index (κ2) is 6.04. The molecule has 3 aromatic heterocycles. The molecule has 0 saturated heterocycles. The average molecular weight is 332 g/mol. The molecule has 122 valence electrons. The van der Waals surface area contributed by atoms with Crippen LogP contribution in [0.2, 0.25) is 0 Å². The zero-order valence-corrected chi connectivity index (χ0v) is 12.9. The van der Waals surface area contributed by atoms with Crippen LogP contribution in [0.15, 0.2) is 81.7 Å². The normalized spacial score (nSPS) is 11.4. The number of benzene rings is 1. The van der Waals surface area contributed by atoms with Crippen molar-refractivity contribution in [3.05, 3.63) is 72.6 Å². The van der Waals surface area contributed by atoms with E-state index in [0.29, 0.717) is 28.6 Å². The molecule has 0 radical (unpaired) electrons. The van der Waals surface area contributed by atoms with Gasteiger partial charge in [-0.3, -0.25) is 4.40 Å². The van der Waals surface area contributed by atoms with Crippen LogP contribution in [0.1, 0.15) is 10.4 Å². The highest BCUT2D eigenvalue weighted by Crippen LogP contribution is 2.32. The fourth-order valence-electron chi connectivity index (χ4n) is 2.46. The van der Waals surface area contributed by atoms with E-state index in [9.17, 15) is 4.79 Å². The predicted octanol–water partition coefficient (Wildman–Crippen LogP) is 4.71. The molecule has 0 fully saturated rings. The van der Waals surface area contributed by atoms with Crippen molar-refractivity contribution in [1.29, 1.82) is 0 Å². The number of carboxylic acids is 1. The first-order chi connectivity index (χ1) is 12.2. The largest absolute Gasteiger partial charge is 0.478 e. The molecule has 7 nitrogen and oxygen atoms in total. The van der Waals surface area contributed by atoms with E-state index in [-0.39, 0.29) is 5.56 Å². The highest BCUT2D eigenvalue weighted by atomic mass is 16.4. The van der Waals surface area contributed by atoms with Crippen LogP contribution in [0.3, 0.4) is 0 Å². The number of rotatable bonds is 4. The van der Waals surface area contributed by atoms with E-state index in [0.717, 1.165) is 0 Å². The summed E-state index contributed by atoms with van der Waals surface area (Å²) in [6.45, 7) is 0. The Morgan fingerprint density at radius 2 is 2.00 bits per heavy atom. The lowest BCUT2D eigenvalue weighted by Crippen LogP contribution is -1.94. The SMILES string of the molecule is O=C(O)c1cccc(N=Nc2c(-c3ccco3)nc3ccccn23)c1. The maximum absolute atomic E-state index is 11.1. The van der Waals surface area contributed by atoms with Gasteiger partial charge < -0.3 is 9.52 Å². The molecule has 7 heteroatoms. The van der Waals surface area contributed by atoms with E-state index in [4.69, 9.17) is 9.52 Å². The maximum atomic E-state index is 11.1. The van der Waals surface area contributed by atoms with Crippen molar-refractivity contribution in [2.24, 2.45) is 10.2 Å². The average Bonchev–Trinajstić information content (AvgIpc) is 3.27. The highest BCUT2D eigenvalue weighted by molar-refractivity contribution is 5.88. The van der Waals surface area contributed by atoms with Crippen molar-refractivity contribution < 1.29 is 14.3 Å². The van der Waals surface area contributed by atoms with Gasteiger partial charge in [-0.2, -0.15) is 0 Å². The van der Waals surface area contributed by atoms with Crippen LogP contribution in [0.4, 0.5) is 11.5 Å². The van der Waals surface area contributed by atoms with Crippen LogP contribution in [0.5, 0.6) is 0 Å². The van der Waals surface area contributed by atoms with Gasteiger partial charge in [-0.1, -0.05) is 12.1 Å². The molecular weight excluding hydrogens is 320 g/mol. The van der Waals surface area contributed by atoms with E-state index < -0.39 is 5.97 Å². The molecule has 0 spiro atoms. The summed E-state index contributed by atoms with van der Waals surface area (Å²) in [6.07, 6.45) is 3.40. The zero-order chi connectivity index (χ0) is 17.2. The Morgan fingerprint density at radius 3 is 2.80 bits per heavy atom. The summed E-state index contributed by atoms with van der Waals surface area (Å²) in [4.78, 5) is 15.6. The number of carbonyl (C=O) groups is 1. The lowest BCUT2D eigenvalue weighted by molar-refractivity contribution is 0.0697. The van der Waals surface area contributed by atoms with Crippen LogP contribution >= 0.6 is 0 Å². The summed E-state index contributed by atoms with van der Waals surface area (Å²) in [5, 5.41) is 17.5. The Balaban J connectivity index is 1.82. The molecule has 25 heavy (non-hydrogen) atoms. The third-order valence-corrected chi connectivity index (χ3v) is 3.61. The minimum absolute atomic E-state index is 0.154. The molecular formula is C18H12N4O3. The Labute approximate surface area is 141 Å². The molecule has 0 atom stereocenters. The van der Waals surface area contributed by atoms with Gasteiger partial charge in [-0.05, 0) is 42.5 Å². The Morgan fingerprint density at radius 1 is 1.08 bits per heavy atom. The first-order valence-electron chi connectivity index (χ1n) is 7.48. The maximum Gasteiger partial charge on any atom is 0.335 e. The molecule has 4 rings (SSSR count). The first kappa shape index (κ1) is 14.8. The summed E-state index contributed by atoms with van der Waals surface area (Å²) in [6, 6.07) is 15.5. The number of hydrogen-bond acceptors (Lipinski definition) is 5. The minimum atomic E-state index is -1.01. The van der Waals surface area contributed by atoms with E-state index in [1.807, 2.05) is 24.4 Å². The third kappa shape index (κ3) is 2.78. The van der Waals surface area contributed by atoms with Crippen LogP contribution in [0, 0.1) is 0 Å². The van der Waals surface area contributed by atoms with Gasteiger partial charge in [-0.25, -0.2) is 9.78 Å². The highest BCUT2D eigenvalue weighted by Gasteiger charge is 2.15. The predicted molar refractivity (Wildman–Crippen MR) is 90.5 cm³/mol. The number of nitrogens with zero attached hydrogens (tertiary/aromatic N) is 4. The summed E-state index contributed by atoms with van der Waals surface area (Å²) in [7, 11) is 0. The lowest BCUT2D eigenvalue weighted by atomic mass is 10.2. The second-order valence-corrected chi connectivity index (χ2v) is 5.25. The van der Waals surface area contributed by atoms with Gasteiger partial charge in [0.2, 0.25) is 0 Å². The molecule has 0 bridgehead atoms. The smallest absolute Gasteiger partial charge is 0.335 e. The quantitative estimate of drug-likeness (QED) is 0.548. The molecule has 0 unspecified atom stereocenters. The van der Waals surface area contributed by atoms with Crippen molar-refractivity contribution in [3.8, 4) is 11.5 Å². The van der Waals surface area contributed by atoms with Gasteiger partial charge in [0, 0.05) is 6.20 Å². The van der Waals surface area contributed by atoms with E-state index in [1.54, 1.807) is 34.9 Å². The topological polar surface area (TPSA) is 92.5 Å². The third-order valence-electron chi connectivity index (χ3n) is 3.61. The number of pyridine rings is 1. The second-order valence-electron chi connectivity index (χ2n) is 5.25. The summed E-state index contributed by atoms with van der Waals surface area (Å²) >= 11 is 0. The van der Waals surface area contributed by atoms with Gasteiger partial charge in [0.1, 0.15) is 5.65 Å². The van der Waals surface area contributed by atoms with Gasteiger partial charge in [-0.15, -0.1) is 10.2 Å². The van der Waals surface area contributed by atoms with Crippen LogP contribution in [-0.2, 0) is 0 Å². The van der Waals surface area contributed by atoms with E-state index in [1.165, 1.54) is 12.1 Å². The van der Waals surface area contributed by atoms with Crippen LogP contribution in [-0.4, -0.2) is 20.5 Å². The summed E-state index contributed by atoms with van der Waals surface area (Å²) < 4.78 is 7.23. The Hall–Kier alpha value is -3.74. The van der Waals surface area contributed by atoms with Crippen molar-refractivity contribution in [1.82, 2.24) is 9.38 Å². The van der Waals surface area contributed by atoms with Crippen molar-refractivity contribution in [3.63, 3.8) is 0 Å². The van der Waals surface area contributed by atoms with Gasteiger partial charge >= 0.3 is 5.97 Å². The molecule has 0 aliphatic rings. The molecule has 1 aromatic carbocycles. The molecule has 0 amide bonds. The monoisotopic (exact) mass is 332 g/mol.